The van der Waals surface area contributed by atoms with E-state index < -0.39 is 16.9 Å². The Morgan fingerprint density at radius 2 is 1.61 bits per heavy atom. The maximum absolute atomic E-state index is 14.3. The minimum Gasteiger partial charge on any atom is -0.469 e. The monoisotopic (exact) mass is 496 g/mol. The molecule has 1 N–H and O–H groups in total. The van der Waals surface area contributed by atoms with Gasteiger partial charge in [-0.2, -0.15) is 0 Å². The fourth-order valence-electron chi connectivity index (χ4n) is 9.92. The molecule has 0 aromatic carbocycles. The predicted octanol–water partition coefficient (Wildman–Crippen LogP) is 5.46. The number of rotatable bonds is 1. The van der Waals surface area contributed by atoms with E-state index in [-0.39, 0.29) is 56.9 Å². The van der Waals surface area contributed by atoms with E-state index in [1.165, 1.54) is 7.11 Å². The quantitative estimate of drug-likeness (QED) is 0.488. The highest BCUT2D eigenvalue weighted by Gasteiger charge is 2.71. The van der Waals surface area contributed by atoms with Crippen LogP contribution >= 0.6 is 0 Å². The zero-order valence-electron chi connectivity index (χ0n) is 23.4. The van der Waals surface area contributed by atoms with E-state index in [9.17, 15) is 19.5 Å². The Bertz CT molecular complexity index is 1100. The van der Waals surface area contributed by atoms with E-state index in [1.54, 1.807) is 6.08 Å². The molecular formula is C31H44O5. The number of hydrogen-bond donors (Lipinski definition) is 1. The first-order chi connectivity index (χ1) is 16.5. The number of hydrogen-bond acceptors (Lipinski definition) is 5. The van der Waals surface area contributed by atoms with E-state index in [0.29, 0.717) is 6.42 Å². The highest BCUT2D eigenvalue weighted by atomic mass is 16.5. The third-order valence-corrected chi connectivity index (χ3v) is 12.7. The molecule has 5 heteroatoms. The predicted molar refractivity (Wildman–Crippen MR) is 138 cm³/mol. The van der Waals surface area contributed by atoms with Crippen LogP contribution in [0.15, 0.2) is 23.8 Å². The van der Waals surface area contributed by atoms with E-state index in [0.717, 1.165) is 37.7 Å². The Balaban J connectivity index is 1.67. The molecule has 0 bridgehead atoms. The molecule has 5 rings (SSSR count). The standard InChI is InChI=1S/C31H44O5/c1-26(2)19-9-12-30(6)20(28(19,4)11-10-21(26)33)17-18(32)22-23-24(34)29(5,25(35)36-8)15-13-27(23,3)14-16-31(22,30)7/h10-11,17,19,22-24,34H,9,12-16H2,1-8H3/t19-,22-,23-,24?,27+,28-,29-,30-,31-/m0/s1. The number of aliphatic hydroxyl groups is 1. The fraction of sp³-hybridized carbons (Fsp3) is 0.774. The van der Waals surface area contributed by atoms with E-state index >= 15 is 0 Å². The van der Waals surface area contributed by atoms with Gasteiger partial charge in [-0.3, -0.25) is 14.4 Å². The summed E-state index contributed by atoms with van der Waals surface area (Å²) in [5.74, 6) is -0.651. The highest BCUT2D eigenvalue weighted by molar-refractivity contribution is 5.98. The van der Waals surface area contributed by atoms with Crippen LogP contribution in [-0.4, -0.2) is 35.9 Å². The lowest BCUT2D eigenvalue weighted by Gasteiger charge is -2.69. The zero-order chi connectivity index (χ0) is 26.7. The van der Waals surface area contributed by atoms with Crippen molar-refractivity contribution in [2.24, 2.45) is 50.2 Å². The molecule has 9 atom stereocenters. The Labute approximate surface area is 216 Å². The third kappa shape index (κ3) is 2.84. The number of fused-ring (bicyclic) bond motifs is 7. The van der Waals surface area contributed by atoms with Crippen molar-refractivity contribution in [3.63, 3.8) is 0 Å². The maximum atomic E-state index is 14.3. The summed E-state index contributed by atoms with van der Waals surface area (Å²) in [7, 11) is 1.38. The van der Waals surface area contributed by atoms with Crippen LogP contribution in [0.5, 0.6) is 0 Å². The zero-order valence-corrected chi connectivity index (χ0v) is 23.4. The number of esters is 1. The van der Waals surface area contributed by atoms with Gasteiger partial charge in [0, 0.05) is 22.7 Å². The van der Waals surface area contributed by atoms with Gasteiger partial charge in [0.25, 0.3) is 0 Å². The van der Waals surface area contributed by atoms with Crippen molar-refractivity contribution in [2.75, 3.05) is 7.11 Å². The summed E-state index contributed by atoms with van der Waals surface area (Å²) in [6.45, 7) is 14.9. The minimum atomic E-state index is -1.01. The Kier molecular flexibility index (Phi) is 5.34. The summed E-state index contributed by atoms with van der Waals surface area (Å²) < 4.78 is 5.14. The molecule has 0 aliphatic heterocycles. The summed E-state index contributed by atoms with van der Waals surface area (Å²) in [5, 5.41) is 11.9. The van der Waals surface area contributed by atoms with Crippen LogP contribution in [0.25, 0.3) is 0 Å². The van der Waals surface area contributed by atoms with Crippen molar-refractivity contribution in [1.82, 2.24) is 0 Å². The number of ketones is 2. The lowest BCUT2D eigenvalue weighted by molar-refractivity contribution is -0.210. The molecule has 0 radical (unpaired) electrons. The average molecular weight is 497 g/mol. The summed E-state index contributed by atoms with van der Waals surface area (Å²) in [6, 6.07) is 0. The smallest absolute Gasteiger partial charge is 0.314 e. The molecule has 0 aromatic rings. The number of carbonyl (C=O) groups excluding carboxylic acids is 3. The minimum absolute atomic E-state index is 0.0825. The molecule has 1 unspecified atom stereocenters. The van der Waals surface area contributed by atoms with E-state index in [1.807, 2.05) is 13.0 Å². The SMILES string of the molecule is COC(=O)[C@@]1(C)CC[C@]2(C)CC[C@@]3(C)[C@@H](C(=O)C=C4[C@]3(C)CC[C@H]3C(C)(C)C(=O)C=C[C@]43C)[C@H]2C1O. The van der Waals surface area contributed by atoms with Gasteiger partial charge in [0.05, 0.1) is 18.6 Å². The number of allylic oxidation sites excluding steroid dienone is 4. The molecular weight excluding hydrogens is 452 g/mol. The molecule has 3 fully saturated rings. The molecule has 0 saturated heterocycles. The molecule has 0 spiro atoms. The first kappa shape index (κ1) is 25.9. The number of carbonyl (C=O) groups is 3. The van der Waals surface area contributed by atoms with Gasteiger partial charge in [0.1, 0.15) is 0 Å². The fourth-order valence-corrected chi connectivity index (χ4v) is 9.92. The molecule has 5 aliphatic carbocycles. The summed E-state index contributed by atoms with van der Waals surface area (Å²) in [6.07, 6.45) is 9.82. The molecule has 5 aliphatic rings. The normalized spacial score (nSPS) is 51.3. The van der Waals surface area contributed by atoms with Crippen molar-refractivity contribution < 1.29 is 24.2 Å². The number of ether oxygens (including phenoxy) is 1. The Morgan fingerprint density at radius 3 is 2.25 bits per heavy atom. The second kappa shape index (κ2) is 7.42. The van der Waals surface area contributed by atoms with Crippen LogP contribution in [0.2, 0.25) is 0 Å². The highest BCUT2D eigenvalue weighted by Crippen LogP contribution is 2.74. The molecule has 198 valence electrons. The van der Waals surface area contributed by atoms with Gasteiger partial charge in [0.2, 0.25) is 0 Å². The van der Waals surface area contributed by atoms with Crippen molar-refractivity contribution in [3.05, 3.63) is 23.8 Å². The molecule has 5 nitrogen and oxygen atoms in total. The Morgan fingerprint density at radius 1 is 0.972 bits per heavy atom. The van der Waals surface area contributed by atoms with E-state index in [2.05, 4.69) is 47.6 Å². The van der Waals surface area contributed by atoms with Crippen LogP contribution in [0.1, 0.15) is 87.0 Å². The second-order valence-electron chi connectivity index (χ2n) is 14.5. The van der Waals surface area contributed by atoms with Crippen molar-refractivity contribution >= 4 is 17.5 Å². The van der Waals surface area contributed by atoms with Crippen molar-refractivity contribution in [2.45, 2.75) is 93.1 Å². The van der Waals surface area contributed by atoms with Crippen LogP contribution in [0, 0.1) is 50.2 Å². The van der Waals surface area contributed by atoms with Gasteiger partial charge >= 0.3 is 5.97 Å². The second-order valence-corrected chi connectivity index (χ2v) is 14.5. The molecule has 0 amide bonds. The van der Waals surface area contributed by atoms with Gasteiger partial charge in [-0.05, 0) is 79.8 Å². The topological polar surface area (TPSA) is 80.7 Å². The maximum Gasteiger partial charge on any atom is 0.314 e. The Hall–Kier alpha value is -1.75. The first-order valence-corrected chi connectivity index (χ1v) is 13.8. The van der Waals surface area contributed by atoms with Gasteiger partial charge in [-0.15, -0.1) is 0 Å². The summed E-state index contributed by atoms with van der Waals surface area (Å²) in [5.41, 5.74) is -1.47. The molecule has 0 aromatic heterocycles. The first-order valence-electron chi connectivity index (χ1n) is 13.8. The van der Waals surface area contributed by atoms with Gasteiger partial charge in [-0.1, -0.05) is 53.2 Å². The lowest BCUT2D eigenvalue weighted by atomic mass is 9.34. The van der Waals surface area contributed by atoms with E-state index in [4.69, 9.17) is 4.74 Å². The number of aliphatic hydroxyl groups excluding tert-OH is 1. The largest absolute Gasteiger partial charge is 0.469 e. The molecule has 3 saturated carbocycles. The van der Waals surface area contributed by atoms with Crippen LogP contribution in [-0.2, 0) is 19.1 Å². The average Bonchev–Trinajstić information content (AvgIpc) is 2.81. The third-order valence-electron chi connectivity index (χ3n) is 12.7. The van der Waals surface area contributed by atoms with Gasteiger partial charge < -0.3 is 9.84 Å². The lowest BCUT2D eigenvalue weighted by Crippen LogP contribution is -2.67. The van der Waals surface area contributed by atoms with Crippen LogP contribution < -0.4 is 0 Å². The van der Waals surface area contributed by atoms with Crippen LogP contribution in [0.4, 0.5) is 0 Å². The van der Waals surface area contributed by atoms with Crippen molar-refractivity contribution in [1.29, 1.82) is 0 Å². The number of methoxy groups -OCH3 is 1. The summed E-state index contributed by atoms with van der Waals surface area (Å²) in [4.78, 5) is 40.0. The molecule has 0 heterocycles. The van der Waals surface area contributed by atoms with Gasteiger partial charge in [-0.25, -0.2) is 0 Å². The van der Waals surface area contributed by atoms with Crippen LogP contribution in [0.3, 0.4) is 0 Å². The molecule has 36 heavy (non-hydrogen) atoms. The van der Waals surface area contributed by atoms with Crippen molar-refractivity contribution in [3.8, 4) is 0 Å². The summed E-state index contributed by atoms with van der Waals surface area (Å²) >= 11 is 0. The van der Waals surface area contributed by atoms with Gasteiger partial charge in [0.15, 0.2) is 11.6 Å².